The zero-order valence-electron chi connectivity index (χ0n) is 9.93. The van der Waals surface area contributed by atoms with Crippen LogP contribution in [-0.2, 0) is 12.7 Å². The molecule has 2 nitrogen and oxygen atoms in total. The summed E-state index contributed by atoms with van der Waals surface area (Å²) < 4.78 is 37.6. The molecule has 0 spiro atoms. The maximum absolute atomic E-state index is 12.5. The van der Waals surface area contributed by atoms with Gasteiger partial charge in [0.15, 0.2) is 0 Å². The standard InChI is InChI=1S/C13H16F3NO/c14-13(15,16)11-4-1-3-10(7-11)8-17-12(9-18)5-2-6-12/h1,3-4,7,17-18H,2,5-6,8-9H2. The molecule has 1 saturated carbocycles. The Morgan fingerprint density at radius 2 is 2.00 bits per heavy atom. The topological polar surface area (TPSA) is 32.3 Å². The van der Waals surface area contributed by atoms with E-state index in [-0.39, 0.29) is 12.1 Å². The molecule has 100 valence electrons. The van der Waals surface area contributed by atoms with Crippen LogP contribution in [0.5, 0.6) is 0 Å². The minimum Gasteiger partial charge on any atom is -0.394 e. The predicted octanol–water partition coefficient (Wildman–Crippen LogP) is 2.71. The average Bonchev–Trinajstić information content (AvgIpc) is 2.27. The number of hydrogen-bond donors (Lipinski definition) is 2. The van der Waals surface area contributed by atoms with Gasteiger partial charge < -0.3 is 10.4 Å². The molecule has 0 atom stereocenters. The number of nitrogens with one attached hydrogen (secondary N) is 1. The lowest BCUT2D eigenvalue weighted by Gasteiger charge is -2.41. The van der Waals surface area contributed by atoms with Gasteiger partial charge in [-0.3, -0.25) is 0 Å². The normalized spacial score (nSPS) is 18.4. The quantitative estimate of drug-likeness (QED) is 0.871. The summed E-state index contributed by atoms with van der Waals surface area (Å²) in [6, 6.07) is 5.28. The fourth-order valence-corrected chi connectivity index (χ4v) is 2.14. The zero-order chi connectivity index (χ0) is 13.2. The van der Waals surface area contributed by atoms with Crippen molar-refractivity contribution in [3.05, 3.63) is 35.4 Å². The maximum atomic E-state index is 12.5. The highest BCUT2D eigenvalue weighted by Crippen LogP contribution is 2.32. The largest absolute Gasteiger partial charge is 0.416 e. The molecule has 1 fully saturated rings. The van der Waals surface area contributed by atoms with E-state index in [2.05, 4.69) is 5.32 Å². The van der Waals surface area contributed by atoms with Gasteiger partial charge >= 0.3 is 6.18 Å². The Morgan fingerprint density at radius 1 is 1.28 bits per heavy atom. The van der Waals surface area contributed by atoms with E-state index < -0.39 is 11.7 Å². The molecule has 0 amide bonds. The minimum atomic E-state index is -4.30. The molecule has 1 aromatic carbocycles. The lowest BCUT2D eigenvalue weighted by atomic mass is 9.77. The molecular formula is C13H16F3NO. The minimum absolute atomic E-state index is 0.0337. The van der Waals surface area contributed by atoms with E-state index in [1.54, 1.807) is 6.07 Å². The van der Waals surface area contributed by atoms with Crippen LogP contribution in [0.25, 0.3) is 0 Å². The lowest BCUT2D eigenvalue weighted by Crippen LogP contribution is -2.53. The van der Waals surface area contributed by atoms with Gasteiger partial charge in [-0.05, 0) is 30.9 Å². The first-order chi connectivity index (χ1) is 8.45. The molecule has 1 aliphatic rings. The molecule has 18 heavy (non-hydrogen) atoms. The Morgan fingerprint density at radius 3 is 2.50 bits per heavy atom. The van der Waals surface area contributed by atoms with Crippen molar-refractivity contribution in [2.75, 3.05) is 6.61 Å². The van der Waals surface area contributed by atoms with Gasteiger partial charge in [-0.25, -0.2) is 0 Å². The van der Waals surface area contributed by atoms with E-state index >= 15 is 0 Å². The second-order valence-corrected chi connectivity index (χ2v) is 4.84. The van der Waals surface area contributed by atoms with Crippen LogP contribution < -0.4 is 5.32 Å². The van der Waals surface area contributed by atoms with Gasteiger partial charge in [0.1, 0.15) is 0 Å². The van der Waals surface area contributed by atoms with Crippen molar-refractivity contribution in [1.29, 1.82) is 0 Å². The highest BCUT2D eigenvalue weighted by Gasteiger charge is 2.35. The van der Waals surface area contributed by atoms with Crippen LogP contribution in [-0.4, -0.2) is 17.3 Å². The van der Waals surface area contributed by atoms with Crippen molar-refractivity contribution in [3.63, 3.8) is 0 Å². The van der Waals surface area contributed by atoms with E-state index in [0.29, 0.717) is 12.1 Å². The molecule has 1 aliphatic carbocycles. The van der Waals surface area contributed by atoms with E-state index in [0.717, 1.165) is 31.4 Å². The van der Waals surface area contributed by atoms with Crippen LogP contribution in [0.2, 0.25) is 0 Å². The summed E-state index contributed by atoms with van der Waals surface area (Å²) in [6.07, 6.45) is -1.50. The Bertz CT molecular complexity index is 407. The van der Waals surface area contributed by atoms with Crippen LogP contribution >= 0.6 is 0 Å². The van der Waals surface area contributed by atoms with Gasteiger partial charge in [0, 0.05) is 12.1 Å². The molecular weight excluding hydrogens is 243 g/mol. The van der Waals surface area contributed by atoms with Crippen molar-refractivity contribution in [3.8, 4) is 0 Å². The van der Waals surface area contributed by atoms with Gasteiger partial charge in [-0.1, -0.05) is 18.2 Å². The molecule has 0 unspecified atom stereocenters. The predicted molar refractivity (Wildman–Crippen MR) is 62.0 cm³/mol. The van der Waals surface area contributed by atoms with Gasteiger partial charge in [-0.15, -0.1) is 0 Å². The van der Waals surface area contributed by atoms with Crippen LogP contribution in [0.4, 0.5) is 13.2 Å². The van der Waals surface area contributed by atoms with E-state index in [4.69, 9.17) is 0 Å². The van der Waals surface area contributed by atoms with Crippen molar-refractivity contribution in [2.24, 2.45) is 0 Å². The lowest BCUT2D eigenvalue weighted by molar-refractivity contribution is -0.137. The van der Waals surface area contributed by atoms with Crippen LogP contribution in [0, 0.1) is 0 Å². The Balaban J connectivity index is 2.01. The first-order valence-corrected chi connectivity index (χ1v) is 5.97. The summed E-state index contributed by atoms with van der Waals surface area (Å²) in [5, 5.41) is 12.4. The number of aliphatic hydroxyl groups excluding tert-OH is 1. The summed E-state index contributed by atoms with van der Waals surface area (Å²) in [5.74, 6) is 0. The number of aliphatic hydroxyl groups is 1. The number of halogens is 3. The Hall–Kier alpha value is -1.07. The van der Waals surface area contributed by atoms with Crippen molar-refractivity contribution >= 4 is 0 Å². The van der Waals surface area contributed by atoms with Crippen molar-refractivity contribution in [1.82, 2.24) is 5.32 Å². The van der Waals surface area contributed by atoms with Crippen molar-refractivity contribution < 1.29 is 18.3 Å². The molecule has 2 N–H and O–H groups in total. The SMILES string of the molecule is OCC1(NCc2cccc(C(F)(F)F)c2)CCC1. The van der Waals surface area contributed by atoms with E-state index in [9.17, 15) is 18.3 Å². The second kappa shape index (κ2) is 4.90. The van der Waals surface area contributed by atoms with E-state index in [1.807, 2.05) is 0 Å². The molecule has 0 radical (unpaired) electrons. The van der Waals surface area contributed by atoms with Crippen LogP contribution in [0.15, 0.2) is 24.3 Å². The Labute approximate surface area is 104 Å². The van der Waals surface area contributed by atoms with Gasteiger partial charge in [0.2, 0.25) is 0 Å². The number of rotatable bonds is 4. The maximum Gasteiger partial charge on any atom is 0.416 e. The third-order valence-electron chi connectivity index (χ3n) is 3.54. The molecule has 0 saturated heterocycles. The molecule has 5 heteroatoms. The van der Waals surface area contributed by atoms with E-state index in [1.165, 1.54) is 6.07 Å². The number of hydrogen-bond acceptors (Lipinski definition) is 2. The molecule has 2 rings (SSSR count). The highest BCUT2D eigenvalue weighted by atomic mass is 19.4. The van der Waals surface area contributed by atoms with Gasteiger partial charge in [-0.2, -0.15) is 13.2 Å². The Kier molecular flexibility index (Phi) is 3.64. The smallest absolute Gasteiger partial charge is 0.394 e. The zero-order valence-corrected chi connectivity index (χ0v) is 9.93. The highest BCUT2D eigenvalue weighted by molar-refractivity contribution is 5.25. The summed E-state index contributed by atoms with van der Waals surface area (Å²) in [6.45, 7) is 0.385. The first kappa shape index (κ1) is 13.4. The first-order valence-electron chi connectivity index (χ1n) is 5.97. The molecule has 0 bridgehead atoms. The van der Waals surface area contributed by atoms with Crippen molar-refractivity contribution in [2.45, 2.75) is 37.5 Å². The molecule has 0 aliphatic heterocycles. The molecule has 1 aromatic rings. The number of alkyl halides is 3. The summed E-state index contributed by atoms with van der Waals surface area (Å²) in [5.41, 5.74) is -0.327. The summed E-state index contributed by atoms with van der Waals surface area (Å²) in [7, 11) is 0. The average molecular weight is 259 g/mol. The fourth-order valence-electron chi connectivity index (χ4n) is 2.14. The van der Waals surface area contributed by atoms with Gasteiger partial charge in [0.05, 0.1) is 12.2 Å². The molecule has 0 aromatic heterocycles. The second-order valence-electron chi connectivity index (χ2n) is 4.84. The summed E-state index contributed by atoms with van der Waals surface area (Å²) >= 11 is 0. The third kappa shape index (κ3) is 2.84. The summed E-state index contributed by atoms with van der Waals surface area (Å²) in [4.78, 5) is 0. The third-order valence-corrected chi connectivity index (χ3v) is 3.54. The molecule has 0 heterocycles. The van der Waals surface area contributed by atoms with Gasteiger partial charge in [0.25, 0.3) is 0 Å². The fraction of sp³-hybridized carbons (Fsp3) is 0.538. The van der Waals surface area contributed by atoms with Crippen LogP contribution in [0.3, 0.4) is 0 Å². The number of benzene rings is 1. The monoisotopic (exact) mass is 259 g/mol. The van der Waals surface area contributed by atoms with Crippen LogP contribution in [0.1, 0.15) is 30.4 Å².